The van der Waals surface area contributed by atoms with Crippen LogP contribution >= 0.6 is 0 Å². The van der Waals surface area contributed by atoms with Crippen molar-refractivity contribution in [3.05, 3.63) is 78.4 Å². The molecule has 2 aromatic rings. The average Bonchev–Trinajstić information content (AvgIpc) is 2.80. The molecule has 2 fully saturated rings. The van der Waals surface area contributed by atoms with Crippen LogP contribution in [0.2, 0.25) is 0 Å². The third kappa shape index (κ3) is 4.00. The van der Waals surface area contributed by atoms with Gasteiger partial charge in [-0.3, -0.25) is 9.69 Å². The third-order valence-corrected chi connectivity index (χ3v) is 7.25. The molecule has 4 rings (SSSR count). The van der Waals surface area contributed by atoms with Crippen LogP contribution in [0.4, 0.5) is 0 Å². The normalized spacial score (nSPS) is 28.5. The summed E-state index contributed by atoms with van der Waals surface area (Å²) >= 11 is 0. The molecule has 1 amide bonds. The summed E-state index contributed by atoms with van der Waals surface area (Å²) in [5, 5.41) is 13.5. The summed E-state index contributed by atoms with van der Waals surface area (Å²) < 4.78 is 6.32. The van der Waals surface area contributed by atoms with E-state index >= 15 is 0 Å². The Kier molecular flexibility index (Phi) is 6.17. The van der Waals surface area contributed by atoms with Crippen LogP contribution in [0, 0.1) is 0 Å². The molecule has 1 saturated heterocycles. The van der Waals surface area contributed by atoms with Crippen molar-refractivity contribution in [1.29, 1.82) is 0 Å². The van der Waals surface area contributed by atoms with Crippen molar-refractivity contribution in [1.82, 2.24) is 10.2 Å². The van der Waals surface area contributed by atoms with Crippen LogP contribution in [0.25, 0.3) is 0 Å². The van der Waals surface area contributed by atoms with E-state index in [0.717, 1.165) is 50.9 Å². The maximum Gasteiger partial charge on any atom is 0.251 e. The molecular formula is C26H32N2O3. The fourth-order valence-electron chi connectivity index (χ4n) is 5.72. The third-order valence-electron chi connectivity index (χ3n) is 7.25. The number of phenolic OH excluding ortho intramolecular Hbond substituents is 1. The predicted octanol–water partition coefficient (Wildman–Crippen LogP) is 3.89. The van der Waals surface area contributed by atoms with Gasteiger partial charge >= 0.3 is 0 Å². The van der Waals surface area contributed by atoms with E-state index in [2.05, 4.69) is 22.9 Å². The maximum atomic E-state index is 12.9. The minimum atomic E-state index is -0.379. The SMILES string of the molecule is C=CCN1CCC2(c3cccc(O)c3)C[C@H](NC(=O)c3ccccc3)CCC2(OC)C1. The van der Waals surface area contributed by atoms with Gasteiger partial charge in [-0.25, -0.2) is 0 Å². The second-order valence-corrected chi connectivity index (χ2v) is 8.88. The fraction of sp³-hybridized carbons (Fsp3) is 0.423. The highest BCUT2D eigenvalue weighted by Gasteiger charge is 2.58. The van der Waals surface area contributed by atoms with Gasteiger partial charge in [0.2, 0.25) is 0 Å². The molecule has 5 nitrogen and oxygen atoms in total. The Labute approximate surface area is 184 Å². The topological polar surface area (TPSA) is 61.8 Å². The Bertz CT molecular complexity index is 931. The molecule has 1 aliphatic heterocycles. The van der Waals surface area contributed by atoms with E-state index in [4.69, 9.17) is 4.74 Å². The highest BCUT2D eigenvalue weighted by Crippen LogP contribution is 2.53. The zero-order valence-corrected chi connectivity index (χ0v) is 18.2. The van der Waals surface area contributed by atoms with Gasteiger partial charge in [0.05, 0.1) is 5.60 Å². The number of benzene rings is 2. The van der Waals surface area contributed by atoms with Crippen LogP contribution in [0.5, 0.6) is 5.75 Å². The number of piperidine rings is 1. The summed E-state index contributed by atoms with van der Waals surface area (Å²) in [6.07, 6.45) is 5.32. The number of nitrogens with zero attached hydrogens (tertiary/aromatic N) is 1. The van der Waals surface area contributed by atoms with Crippen molar-refractivity contribution in [2.24, 2.45) is 0 Å². The van der Waals surface area contributed by atoms with Crippen LogP contribution in [0.3, 0.4) is 0 Å². The molecular weight excluding hydrogens is 388 g/mol. The Morgan fingerprint density at radius 1 is 1.26 bits per heavy atom. The smallest absolute Gasteiger partial charge is 0.251 e. The second kappa shape index (κ2) is 8.85. The molecule has 2 aliphatic rings. The van der Waals surface area contributed by atoms with Gasteiger partial charge in [-0.1, -0.05) is 36.4 Å². The molecule has 5 heteroatoms. The number of fused-ring (bicyclic) bond motifs is 1. The number of nitrogens with one attached hydrogen (secondary N) is 1. The van der Waals surface area contributed by atoms with Gasteiger partial charge in [0, 0.05) is 37.2 Å². The number of hydrogen-bond donors (Lipinski definition) is 2. The summed E-state index contributed by atoms with van der Waals surface area (Å²) in [4.78, 5) is 15.2. The van der Waals surface area contributed by atoms with E-state index in [1.165, 1.54) is 0 Å². The predicted molar refractivity (Wildman–Crippen MR) is 122 cm³/mol. The van der Waals surface area contributed by atoms with E-state index in [1.54, 1.807) is 13.2 Å². The first-order valence-corrected chi connectivity index (χ1v) is 11.1. The summed E-state index contributed by atoms with van der Waals surface area (Å²) in [5.74, 6) is 0.228. The summed E-state index contributed by atoms with van der Waals surface area (Å²) in [5.41, 5.74) is 1.10. The molecule has 0 aromatic heterocycles. The van der Waals surface area contributed by atoms with Gasteiger partial charge in [-0.05, 0) is 62.1 Å². The number of likely N-dealkylation sites (tertiary alicyclic amines) is 1. The van der Waals surface area contributed by atoms with Gasteiger partial charge < -0.3 is 15.2 Å². The van der Waals surface area contributed by atoms with Crippen LogP contribution in [0.1, 0.15) is 41.6 Å². The van der Waals surface area contributed by atoms with Crippen LogP contribution in [0.15, 0.2) is 67.3 Å². The van der Waals surface area contributed by atoms with Crippen LogP contribution in [-0.4, -0.2) is 54.3 Å². The molecule has 164 valence electrons. The summed E-state index contributed by atoms with van der Waals surface area (Å²) in [6.45, 7) is 6.47. The Morgan fingerprint density at radius 2 is 2.06 bits per heavy atom. The number of methoxy groups -OCH3 is 1. The number of amides is 1. The van der Waals surface area contributed by atoms with Crippen molar-refractivity contribution in [2.45, 2.75) is 42.7 Å². The minimum Gasteiger partial charge on any atom is -0.508 e. The van der Waals surface area contributed by atoms with Gasteiger partial charge in [0.1, 0.15) is 5.75 Å². The Hall–Kier alpha value is -2.63. The average molecular weight is 421 g/mol. The highest BCUT2D eigenvalue weighted by atomic mass is 16.5. The first-order chi connectivity index (χ1) is 15.0. The highest BCUT2D eigenvalue weighted by molar-refractivity contribution is 5.94. The molecule has 0 bridgehead atoms. The Morgan fingerprint density at radius 3 is 2.77 bits per heavy atom. The largest absolute Gasteiger partial charge is 0.508 e. The first-order valence-electron chi connectivity index (χ1n) is 11.1. The van der Waals surface area contributed by atoms with E-state index < -0.39 is 0 Å². The lowest BCUT2D eigenvalue weighted by atomic mass is 9.55. The van der Waals surface area contributed by atoms with Crippen LogP contribution in [-0.2, 0) is 10.2 Å². The maximum absolute atomic E-state index is 12.9. The number of aromatic hydroxyl groups is 1. The lowest BCUT2D eigenvalue weighted by Crippen LogP contribution is -2.67. The molecule has 1 saturated carbocycles. The molecule has 2 unspecified atom stereocenters. The zero-order valence-electron chi connectivity index (χ0n) is 18.2. The molecule has 2 N–H and O–H groups in total. The lowest BCUT2D eigenvalue weighted by molar-refractivity contribution is -0.146. The van der Waals surface area contributed by atoms with Crippen molar-refractivity contribution in [3.63, 3.8) is 0 Å². The molecule has 1 heterocycles. The summed E-state index contributed by atoms with van der Waals surface area (Å²) in [7, 11) is 1.80. The molecule has 3 atom stereocenters. The number of phenols is 1. The zero-order chi connectivity index (χ0) is 21.9. The van der Waals surface area contributed by atoms with E-state index in [-0.39, 0.29) is 28.7 Å². The molecule has 2 aromatic carbocycles. The fourth-order valence-corrected chi connectivity index (χ4v) is 5.72. The van der Waals surface area contributed by atoms with E-state index in [9.17, 15) is 9.90 Å². The molecule has 0 spiro atoms. The van der Waals surface area contributed by atoms with Gasteiger partial charge in [-0.15, -0.1) is 6.58 Å². The number of hydrogen-bond acceptors (Lipinski definition) is 4. The minimum absolute atomic E-state index is 0.0364. The Balaban J connectivity index is 1.67. The second-order valence-electron chi connectivity index (χ2n) is 8.88. The number of carbonyl (C=O) groups is 1. The van der Waals surface area contributed by atoms with Crippen molar-refractivity contribution in [2.75, 3.05) is 26.7 Å². The standard InChI is InChI=1S/C26H32N2O3/c1-3-15-28-16-14-25(21-10-7-11-23(29)17-21)18-22(12-13-26(25,19-28)31-2)27-24(30)20-8-5-4-6-9-20/h3-11,17,22,29H,1,12-16,18-19H2,2H3,(H,27,30)/t22-,25?,26?/m1/s1. The molecule has 0 radical (unpaired) electrons. The van der Waals surface area contributed by atoms with Crippen LogP contribution < -0.4 is 5.32 Å². The quantitative estimate of drug-likeness (QED) is 0.696. The number of carbonyl (C=O) groups excluding carboxylic acids is 1. The van der Waals surface area contributed by atoms with Crippen molar-refractivity contribution >= 4 is 5.91 Å². The van der Waals surface area contributed by atoms with E-state index in [1.807, 2.05) is 48.5 Å². The van der Waals surface area contributed by atoms with E-state index in [0.29, 0.717) is 5.56 Å². The molecule has 31 heavy (non-hydrogen) atoms. The van der Waals surface area contributed by atoms with Crippen molar-refractivity contribution in [3.8, 4) is 5.75 Å². The molecule has 1 aliphatic carbocycles. The number of ether oxygens (including phenoxy) is 1. The lowest BCUT2D eigenvalue weighted by Gasteiger charge is -2.59. The van der Waals surface area contributed by atoms with Gasteiger partial charge in [0.25, 0.3) is 5.91 Å². The summed E-state index contributed by atoms with van der Waals surface area (Å²) in [6, 6.07) is 17.0. The van der Waals surface area contributed by atoms with Gasteiger partial charge in [0.15, 0.2) is 0 Å². The monoisotopic (exact) mass is 420 g/mol. The van der Waals surface area contributed by atoms with Gasteiger partial charge in [-0.2, -0.15) is 0 Å². The van der Waals surface area contributed by atoms with Crippen molar-refractivity contribution < 1.29 is 14.6 Å². The first kappa shape index (κ1) is 21.6. The number of rotatable bonds is 6.